The molecule has 3 N–H and O–H groups in total. The van der Waals surface area contributed by atoms with E-state index in [0.29, 0.717) is 26.2 Å². The minimum atomic E-state index is -0.465. The number of carbonyl (C=O) groups excluding carboxylic acids is 2. The lowest BCUT2D eigenvalue weighted by molar-refractivity contribution is -0.136. The van der Waals surface area contributed by atoms with Crippen LogP contribution < -0.4 is 11.1 Å². The van der Waals surface area contributed by atoms with Crippen LogP contribution in [0.3, 0.4) is 0 Å². The molecule has 0 aromatic carbocycles. The molecular weight excluding hydrogens is 234 g/mol. The van der Waals surface area contributed by atoms with Crippen molar-refractivity contribution < 1.29 is 14.3 Å². The zero-order valence-electron chi connectivity index (χ0n) is 11.0. The molecule has 0 aromatic rings. The van der Waals surface area contributed by atoms with Crippen molar-refractivity contribution in [3.8, 4) is 0 Å². The van der Waals surface area contributed by atoms with E-state index >= 15 is 0 Å². The molecule has 0 saturated carbocycles. The van der Waals surface area contributed by atoms with Crippen LogP contribution in [0.2, 0.25) is 0 Å². The average molecular weight is 257 g/mol. The van der Waals surface area contributed by atoms with Gasteiger partial charge in [0.2, 0.25) is 11.8 Å². The van der Waals surface area contributed by atoms with Crippen LogP contribution in [0.5, 0.6) is 0 Å². The molecule has 6 heteroatoms. The van der Waals surface area contributed by atoms with Gasteiger partial charge in [-0.25, -0.2) is 0 Å². The van der Waals surface area contributed by atoms with Gasteiger partial charge >= 0.3 is 0 Å². The number of nitrogens with one attached hydrogen (secondary N) is 1. The first-order valence-corrected chi connectivity index (χ1v) is 6.50. The molecule has 0 radical (unpaired) electrons. The predicted octanol–water partition coefficient (Wildman–Crippen LogP) is -0.521. The van der Waals surface area contributed by atoms with Crippen molar-refractivity contribution in [2.45, 2.75) is 32.2 Å². The number of rotatable bonds is 7. The fourth-order valence-electron chi connectivity index (χ4n) is 1.92. The number of hydrogen-bond acceptors (Lipinski definition) is 4. The highest BCUT2D eigenvalue weighted by molar-refractivity contribution is 5.84. The normalized spacial score (nSPS) is 19.5. The third-order valence-corrected chi connectivity index (χ3v) is 2.90. The number of carbonyl (C=O) groups is 2. The maximum Gasteiger partial charge on any atom is 0.237 e. The summed E-state index contributed by atoms with van der Waals surface area (Å²) < 4.78 is 5.30. The van der Waals surface area contributed by atoms with Crippen molar-refractivity contribution in [3.63, 3.8) is 0 Å². The lowest BCUT2D eigenvalue weighted by Crippen LogP contribution is -2.46. The standard InChI is InChI=1S/C12H23N3O3/c1-2-3-5-15(8-11(13)16)12(17)7-10-9-18-6-4-14-10/h10,14H,2-9H2,1H3,(H2,13,16). The van der Waals surface area contributed by atoms with Gasteiger partial charge in [0.05, 0.1) is 19.8 Å². The smallest absolute Gasteiger partial charge is 0.237 e. The lowest BCUT2D eigenvalue weighted by atomic mass is 10.1. The van der Waals surface area contributed by atoms with E-state index in [-0.39, 0.29) is 18.5 Å². The Labute approximate surface area is 108 Å². The highest BCUT2D eigenvalue weighted by atomic mass is 16.5. The lowest BCUT2D eigenvalue weighted by Gasteiger charge is -2.27. The van der Waals surface area contributed by atoms with Crippen LogP contribution >= 0.6 is 0 Å². The zero-order chi connectivity index (χ0) is 13.4. The van der Waals surface area contributed by atoms with Crippen LogP contribution in [0.15, 0.2) is 0 Å². The third-order valence-electron chi connectivity index (χ3n) is 2.90. The Bertz CT molecular complexity index is 278. The van der Waals surface area contributed by atoms with Crippen LogP contribution in [-0.2, 0) is 14.3 Å². The molecule has 1 saturated heterocycles. The first-order valence-electron chi connectivity index (χ1n) is 6.50. The number of nitrogens with two attached hydrogens (primary N) is 1. The quantitative estimate of drug-likeness (QED) is 0.642. The summed E-state index contributed by atoms with van der Waals surface area (Å²) in [6, 6.07) is 0.0447. The van der Waals surface area contributed by atoms with E-state index in [1.807, 2.05) is 6.92 Å². The Hall–Kier alpha value is -1.14. The van der Waals surface area contributed by atoms with E-state index < -0.39 is 5.91 Å². The second-order valence-electron chi connectivity index (χ2n) is 4.57. The molecule has 1 aliphatic heterocycles. The summed E-state index contributed by atoms with van der Waals surface area (Å²) >= 11 is 0. The Morgan fingerprint density at radius 2 is 2.28 bits per heavy atom. The fraction of sp³-hybridized carbons (Fsp3) is 0.833. The number of amides is 2. The van der Waals surface area contributed by atoms with Gasteiger partial charge in [0.1, 0.15) is 0 Å². The number of morpholine rings is 1. The van der Waals surface area contributed by atoms with E-state index in [4.69, 9.17) is 10.5 Å². The van der Waals surface area contributed by atoms with Crippen molar-refractivity contribution in [1.82, 2.24) is 10.2 Å². The molecule has 1 heterocycles. The molecule has 1 unspecified atom stereocenters. The minimum absolute atomic E-state index is 0.00636. The Morgan fingerprint density at radius 1 is 1.50 bits per heavy atom. The molecule has 1 rings (SSSR count). The first kappa shape index (κ1) is 14.9. The third kappa shape index (κ3) is 5.46. The van der Waals surface area contributed by atoms with Gasteiger partial charge in [-0.2, -0.15) is 0 Å². The molecule has 0 aliphatic carbocycles. The van der Waals surface area contributed by atoms with Gasteiger partial charge in [-0.1, -0.05) is 13.3 Å². The van der Waals surface area contributed by atoms with Crippen LogP contribution in [0.4, 0.5) is 0 Å². The monoisotopic (exact) mass is 257 g/mol. The second-order valence-corrected chi connectivity index (χ2v) is 4.57. The summed E-state index contributed by atoms with van der Waals surface area (Å²) in [6.07, 6.45) is 2.22. The van der Waals surface area contributed by atoms with Crippen LogP contribution in [0.1, 0.15) is 26.2 Å². The molecule has 6 nitrogen and oxygen atoms in total. The van der Waals surface area contributed by atoms with E-state index in [1.54, 1.807) is 4.90 Å². The molecule has 1 fully saturated rings. The van der Waals surface area contributed by atoms with Crippen LogP contribution in [0.25, 0.3) is 0 Å². The molecule has 104 valence electrons. The van der Waals surface area contributed by atoms with Crippen molar-refractivity contribution in [2.24, 2.45) is 5.73 Å². The van der Waals surface area contributed by atoms with Gasteiger partial charge in [0.15, 0.2) is 0 Å². The van der Waals surface area contributed by atoms with Gasteiger partial charge in [0.25, 0.3) is 0 Å². The number of hydrogen-bond donors (Lipinski definition) is 2. The van der Waals surface area contributed by atoms with Gasteiger partial charge in [-0.3, -0.25) is 9.59 Å². The number of primary amides is 1. The summed E-state index contributed by atoms with van der Waals surface area (Å²) in [5.41, 5.74) is 5.16. The summed E-state index contributed by atoms with van der Waals surface area (Å²) in [6.45, 7) is 4.64. The van der Waals surface area contributed by atoms with E-state index in [1.165, 1.54) is 0 Å². The van der Waals surface area contributed by atoms with E-state index in [2.05, 4.69) is 5.32 Å². The summed E-state index contributed by atoms with van der Waals surface area (Å²) in [7, 11) is 0. The maximum atomic E-state index is 12.1. The van der Waals surface area contributed by atoms with Gasteiger partial charge in [-0.05, 0) is 6.42 Å². The van der Waals surface area contributed by atoms with Gasteiger partial charge in [-0.15, -0.1) is 0 Å². The number of unbranched alkanes of at least 4 members (excludes halogenated alkanes) is 1. The maximum absolute atomic E-state index is 12.1. The largest absolute Gasteiger partial charge is 0.378 e. The molecule has 0 bridgehead atoms. The minimum Gasteiger partial charge on any atom is -0.378 e. The summed E-state index contributed by atoms with van der Waals surface area (Å²) in [5, 5.41) is 3.23. The fourth-order valence-corrected chi connectivity index (χ4v) is 1.92. The molecule has 1 atom stereocenters. The highest BCUT2D eigenvalue weighted by Gasteiger charge is 2.21. The van der Waals surface area contributed by atoms with Crippen molar-refractivity contribution >= 4 is 11.8 Å². The summed E-state index contributed by atoms with van der Waals surface area (Å²) in [4.78, 5) is 24.6. The van der Waals surface area contributed by atoms with Crippen LogP contribution in [-0.4, -0.2) is 55.6 Å². The zero-order valence-corrected chi connectivity index (χ0v) is 11.0. The molecule has 1 aliphatic rings. The van der Waals surface area contributed by atoms with E-state index in [9.17, 15) is 9.59 Å². The van der Waals surface area contributed by atoms with Crippen molar-refractivity contribution in [3.05, 3.63) is 0 Å². The summed E-state index contributed by atoms with van der Waals surface area (Å²) in [5.74, 6) is -0.502. The number of ether oxygens (including phenoxy) is 1. The van der Waals surface area contributed by atoms with Crippen molar-refractivity contribution in [1.29, 1.82) is 0 Å². The van der Waals surface area contributed by atoms with Gasteiger partial charge in [0, 0.05) is 25.6 Å². The van der Waals surface area contributed by atoms with Crippen molar-refractivity contribution in [2.75, 3.05) is 32.8 Å². The second kappa shape index (κ2) is 8.05. The van der Waals surface area contributed by atoms with E-state index in [0.717, 1.165) is 19.4 Å². The Morgan fingerprint density at radius 3 is 2.83 bits per heavy atom. The molecule has 0 spiro atoms. The molecule has 18 heavy (non-hydrogen) atoms. The molecule has 2 amide bonds. The Balaban J connectivity index is 2.43. The topological polar surface area (TPSA) is 84.7 Å². The molecule has 0 aromatic heterocycles. The average Bonchev–Trinajstić information content (AvgIpc) is 2.35. The highest BCUT2D eigenvalue weighted by Crippen LogP contribution is 2.04. The SMILES string of the molecule is CCCCN(CC(N)=O)C(=O)CC1COCCN1. The number of nitrogens with zero attached hydrogens (tertiary/aromatic N) is 1. The first-order chi connectivity index (χ1) is 8.63. The van der Waals surface area contributed by atoms with Gasteiger partial charge < -0.3 is 20.7 Å². The van der Waals surface area contributed by atoms with Crippen LogP contribution in [0, 0.1) is 0 Å². The predicted molar refractivity (Wildman–Crippen MR) is 67.9 cm³/mol. The molecular formula is C12H23N3O3. The Kier molecular flexibility index (Phi) is 6.67.